The summed E-state index contributed by atoms with van der Waals surface area (Å²) in [6.07, 6.45) is 4.83. The molecule has 0 bridgehead atoms. The standard InChI is InChI=1S/C18H21N3O2/c1-13(22)21(12-11-20-18(23)15-6-2-7-15)16-9-3-5-14-8-4-10-19-17(14)16/h3-5,8-10,15H,2,6-7,11-12H2,1H3,(H,20,23). The minimum Gasteiger partial charge on any atom is -0.354 e. The fourth-order valence-electron chi connectivity index (χ4n) is 2.86. The Balaban J connectivity index is 1.73. The molecule has 5 nitrogen and oxygen atoms in total. The highest BCUT2D eigenvalue weighted by Crippen LogP contribution is 2.26. The van der Waals surface area contributed by atoms with Crippen LogP contribution < -0.4 is 10.2 Å². The van der Waals surface area contributed by atoms with E-state index in [1.807, 2.05) is 30.3 Å². The van der Waals surface area contributed by atoms with Crippen molar-refractivity contribution < 1.29 is 9.59 Å². The number of pyridine rings is 1. The second-order valence-corrected chi connectivity index (χ2v) is 5.94. The van der Waals surface area contributed by atoms with Crippen LogP contribution in [0.2, 0.25) is 0 Å². The number of benzene rings is 1. The number of hydrogen-bond donors (Lipinski definition) is 1. The highest BCUT2D eigenvalue weighted by molar-refractivity contribution is 6.01. The lowest BCUT2D eigenvalue weighted by atomic mass is 9.85. The Labute approximate surface area is 135 Å². The summed E-state index contributed by atoms with van der Waals surface area (Å²) in [6, 6.07) is 9.64. The van der Waals surface area contributed by atoms with Gasteiger partial charge in [0.25, 0.3) is 0 Å². The summed E-state index contributed by atoms with van der Waals surface area (Å²) in [7, 11) is 0. The minimum absolute atomic E-state index is 0.0546. The van der Waals surface area contributed by atoms with Gasteiger partial charge in [-0.05, 0) is 25.0 Å². The third-order valence-corrected chi connectivity index (χ3v) is 4.39. The van der Waals surface area contributed by atoms with E-state index < -0.39 is 0 Å². The molecule has 3 rings (SSSR count). The van der Waals surface area contributed by atoms with E-state index in [0.717, 1.165) is 35.9 Å². The normalized spacial score (nSPS) is 14.3. The van der Waals surface area contributed by atoms with Gasteiger partial charge in [-0.3, -0.25) is 14.6 Å². The van der Waals surface area contributed by atoms with Crippen molar-refractivity contribution in [3.8, 4) is 0 Å². The van der Waals surface area contributed by atoms with E-state index in [1.54, 1.807) is 11.1 Å². The molecule has 1 aromatic carbocycles. The SMILES string of the molecule is CC(=O)N(CCNC(=O)C1CCC1)c1cccc2cccnc12. The van der Waals surface area contributed by atoms with Gasteiger partial charge in [-0.15, -0.1) is 0 Å². The summed E-state index contributed by atoms with van der Waals surface area (Å²) in [5.41, 5.74) is 1.59. The second-order valence-electron chi connectivity index (χ2n) is 5.94. The highest BCUT2D eigenvalue weighted by Gasteiger charge is 2.25. The molecule has 0 unspecified atom stereocenters. The predicted molar refractivity (Wildman–Crippen MR) is 90.1 cm³/mol. The number of hydrogen-bond acceptors (Lipinski definition) is 3. The molecule has 0 saturated heterocycles. The molecule has 0 radical (unpaired) electrons. The van der Waals surface area contributed by atoms with E-state index in [1.165, 1.54) is 6.92 Å². The van der Waals surface area contributed by atoms with Crippen molar-refractivity contribution in [2.45, 2.75) is 26.2 Å². The maximum atomic E-state index is 12.1. The fourth-order valence-corrected chi connectivity index (χ4v) is 2.86. The topological polar surface area (TPSA) is 62.3 Å². The number of para-hydroxylation sites is 1. The third kappa shape index (κ3) is 3.33. The van der Waals surface area contributed by atoms with E-state index in [2.05, 4.69) is 10.3 Å². The lowest BCUT2D eigenvalue weighted by Gasteiger charge is -2.26. The van der Waals surface area contributed by atoms with E-state index in [-0.39, 0.29) is 17.7 Å². The molecule has 0 atom stereocenters. The monoisotopic (exact) mass is 311 g/mol. The molecule has 1 aliphatic rings. The van der Waals surface area contributed by atoms with Crippen molar-refractivity contribution in [2.75, 3.05) is 18.0 Å². The van der Waals surface area contributed by atoms with Crippen molar-refractivity contribution in [1.82, 2.24) is 10.3 Å². The van der Waals surface area contributed by atoms with Crippen molar-refractivity contribution in [1.29, 1.82) is 0 Å². The first kappa shape index (κ1) is 15.5. The molecule has 0 spiro atoms. The second kappa shape index (κ2) is 6.77. The van der Waals surface area contributed by atoms with Gasteiger partial charge in [0.1, 0.15) is 0 Å². The molecule has 0 aliphatic heterocycles. The molecule has 1 N–H and O–H groups in total. The first-order valence-corrected chi connectivity index (χ1v) is 8.06. The van der Waals surface area contributed by atoms with Crippen LogP contribution >= 0.6 is 0 Å². The zero-order valence-electron chi connectivity index (χ0n) is 13.3. The number of fused-ring (bicyclic) bond motifs is 1. The van der Waals surface area contributed by atoms with Gasteiger partial charge in [0.2, 0.25) is 11.8 Å². The average Bonchev–Trinajstić information content (AvgIpc) is 2.49. The number of anilines is 1. The van der Waals surface area contributed by atoms with Crippen LogP contribution in [-0.4, -0.2) is 29.9 Å². The quantitative estimate of drug-likeness (QED) is 0.923. The van der Waals surface area contributed by atoms with Gasteiger partial charge in [-0.2, -0.15) is 0 Å². The Hall–Kier alpha value is -2.43. The third-order valence-electron chi connectivity index (χ3n) is 4.39. The van der Waals surface area contributed by atoms with Crippen LogP contribution in [0.15, 0.2) is 36.5 Å². The Morgan fingerprint density at radius 1 is 1.26 bits per heavy atom. The van der Waals surface area contributed by atoms with E-state index in [4.69, 9.17) is 0 Å². The molecular weight excluding hydrogens is 290 g/mol. The van der Waals surface area contributed by atoms with E-state index >= 15 is 0 Å². The number of nitrogens with zero attached hydrogens (tertiary/aromatic N) is 2. The Morgan fingerprint density at radius 3 is 2.74 bits per heavy atom. The summed E-state index contributed by atoms with van der Waals surface area (Å²) in [6.45, 7) is 2.44. The molecular formula is C18H21N3O2. The average molecular weight is 311 g/mol. The molecule has 120 valence electrons. The highest BCUT2D eigenvalue weighted by atomic mass is 16.2. The number of amides is 2. The van der Waals surface area contributed by atoms with E-state index in [0.29, 0.717) is 13.1 Å². The largest absolute Gasteiger partial charge is 0.354 e. The summed E-state index contributed by atoms with van der Waals surface area (Å²) in [5.74, 6) is 0.219. The van der Waals surface area contributed by atoms with Gasteiger partial charge in [0, 0.05) is 37.5 Å². The van der Waals surface area contributed by atoms with Gasteiger partial charge in [-0.1, -0.05) is 24.6 Å². The smallest absolute Gasteiger partial charge is 0.223 e. The van der Waals surface area contributed by atoms with Crippen LogP contribution in [0, 0.1) is 5.92 Å². The molecule has 1 aliphatic carbocycles. The molecule has 2 aromatic rings. The number of nitrogens with one attached hydrogen (secondary N) is 1. The summed E-state index contributed by atoms with van der Waals surface area (Å²) >= 11 is 0. The van der Waals surface area contributed by atoms with Crippen LogP contribution in [0.25, 0.3) is 10.9 Å². The van der Waals surface area contributed by atoms with Crippen LogP contribution in [0.3, 0.4) is 0 Å². The minimum atomic E-state index is -0.0546. The Bertz CT molecular complexity index is 720. The van der Waals surface area contributed by atoms with Crippen LogP contribution in [-0.2, 0) is 9.59 Å². The van der Waals surface area contributed by atoms with Crippen molar-refractivity contribution in [3.05, 3.63) is 36.5 Å². The van der Waals surface area contributed by atoms with Crippen molar-refractivity contribution >= 4 is 28.4 Å². The number of carbonyl (C=O) groups is 2. The summed E-state index contributed by atoms with van der Waals surface area (Å²) < 4.78 is 0. The number of rotatable bonds is 5. The van der Waals surface area contributed by atoms with Gasteiger partial charge < -0.3 is 10.2 Å². The predicted octanol–water partition coefficient (Wildman–Crippen LogP) is 2.50. The number of carbonyl (C=O) groups excluding carboxylic acids is 2. The summed E-state index contributed by atoms with van der Waals surface area (Å²) in [4.78, 5) is 30.0. The molecule has 23 heavy (non-hydrogen) atoms. The van der Waals surface area contributed by atoms with Crippen LogP contribution in [0.1, 0.15) is 26.2 Å². The Kier molecular flexibility index (Phi) is 4.55. The lowest BCUT2D eigenvalue weighted by Crippen LogP contribution is -2.41. The molecule has 1 saturated carbocycles. The van der Waals surface area contributed by atoms with E-state index in [9.17, 15) is 9.59 Å². The lowest BCUT2D eigenvalue weighted by molar-refractivity contribution is -0.127. The molecule has 1 heterocycles. The first-order chi connectivity index (χ1) is 11.2. The van der Waals surface area contributed by atoms with Gasteiger partial charge in [0.05, 0.1) is 11.2 Å². The molecule has 1 aromatic heterocycles. The molecule has 2 amide bonds. The summed E-state index contributed by atoms with van der Waals surface area (Å²) in [5, 5.41) is 3.93. The zero-order valence-corrected chi connectivity index (χ0v) is 13.3. The Morgan fingerprint density at radius 2 is 2.04 bits per heavy atom. The van der Waals surface area contributed by atoms with Crippen LogP contribution in [0.5, 0.6) is 0 Å². The maximum Gasteiger partial charge on any atom is 0.223 e. The fraction of sp³-hybridized carbons (Fsp3) is 0.389. The number of aromatic nitrogens is 1. The molecule has 1 fully saturated rings. The maximum absolute atomic E-state index is 12.1. The van der Waals surface area contributed by atoms with Gasteiger partial charge in [0.15, 0.2) is 0 Å². The van der Waals surface area contributed by atoms with Crippen LogP contribution in [0.4, 0.5) is 5.69 Å². The zero-order chi connectivity index (χ0) is 16.2. The van der Waals surface area contributed by atoms with Gasteiger partial charge >= 0.3 is 0 Å². The molecule has 5 heteroatoms. The first-order valence-electron chi connectivity index (χ1n) is 8.06. The van der Waals surface area contributed by atoms with Crippen molar-refractivity contribution in [2.24, 2.45) is 5.92 Å². The van der Waals surface area contributed by atoms with Gasteiger partial charge in [-0.25, -0.2) is 0 Å². The van der Waals surface area contributed by atoms with Crippen molar-refractivity contribution in [3.63, 3.8) is 0 Å².